The summed E-state index contributed by atoms with van der Waals surface area (Å²) in [5.41, 5.74) is 2.43. The molecule has 2 aromatic rings. The second-order valence-corrected chi connectivity index (χ2v) is 7.28. The fraction of sp³-hybridized carbons (Fsp3) is 0.476. The molecule has 0 unspecified atom stereocenters. The molecule has 4 rings (SSSR count). The Morgan fingerprint density at radius 2 is 2.00 bits per heavy atom. The Morgan fingerprint density at radius 1 is 1.16 bits per heavy atom. The standard InChI is InChI=1S/C21H26N2O2/c1-22-12-7-10-18(22)19-9-5-6-13-23(19)21(24)17-14-16(17)15-8-3-4-11-20(15)25-2/h3-4,7-8,10-12,16-17,19H,5-6,9,13-14H2,1-2H3/t16-,17+,19+/m0/s1. The van der Waals surface area contributed by atoms with Crippen LogP contribution >= 0.6 is 0 Å². The number of piperidine rings is 1. The van der Waals surface area contributed by atoms with E-state index >= 15 is 0 Å². The molecule has 1 aromatic heterocycles. The minimum absolute atomic E-state index is 0.108. The molecule has 1 saturated carbocycles. The monoisotopic (exact) mass is 338 g/mol. The van der Waals surface area contributed by atoms with E-state index in [0.717, 1.165) is 31.6 Å². The number of ether oxygens (including phenoxy) is 1. The van der Waals surface area contributed by atoms with Crippen molar-refractivity contribution in [2.24, 2.45) is 13.0 Å². The van der Waals surface area contributed by atoms with E-state index in [0.29, 0.717) is 11.8 Å². The van der Waals surface area contributed by atoms with Crippen LogP contribution in [-0.4, -0.2) is 29.0 Å². The number of nitrogens with zero attached hydrogens (tertiary/aromatic N) is 2. The van der Waals surface area contributed by atoms with Crippen molar-refractivity contribution in [3.63, 3.8) is 0 Å². The Labute approximate surface area is 149 Å². The maximum Gasteiger partial charge on any atom is 0.226 e. The van der Waals surface area contributed by atoms with Gasteiger partial charge in [0.25, 0.3) is 0 Å². The van der Waals surface area contributed by atoms with Crippen LogP contribution in [0, 0.1) is 5.92 Å². The fourth-order valence-corrected chi connectivity index (χ4v) is 4.32. The molecule has 2 heterocycles. The van der Waals surface area contributed by atoms with Crippen molar-refractivity contribution in [1.82, 2.24) is 9.47 Å². The topological polar surface area (TPSA) is 34.5 Å². The van der Waals surface area contributed by atoms with Crippen molar-refractivity contribution < 1.29 is 9.53 Å². The zero-order valence-corrected chi connectivity index (χ0v) is 15.0. The van der Waals surface area contributed by atoms with Crippen molar-refractivity contribution >= 4 is 5.91 Å². The van der Waals surface area contributed by atoms with Gasteiger partial charge in [0.1, 0.15) is 5.75 Å². The predicted octanol–water partition coefficient (Wildman–Crippen LogP) is 3.89. The third-order valence-electron chi connectivity index (χ3n) is 5.76. The first-order valence-electron chi connectivity index (χ1n) is 9.25. The van der Waals surface area contributed by atoms with E-state index < -0.39 is 0 Å². The van der Waals surface area contributed by atoms with Crippen LogP contribution in [-0.2, 0) is 11.8 Å². The number of hydrogen-bond donors (Lipinski definition) is 0. The molecule has 4 nitrogen and oxygen atoms in total. The summed E-state index contributed by atoms with van der Waals surface area (Å²) >= 11 is 0. The lowest BCUT2D eigenvalue weighted by atomic mass is 9.98. The minimum atomic E-state index is 0.108. The molecule has 4 heteroatoms. The summed E-state index contributed by atoms with van der Waals surface area (Å²) in [6.07, 6.45) is 6.38. The highest BCUT2D eigenvalue weighted by Crippen LogP contribution is 2.52. The summed E-state index contributed by atoms with van der Waals surface area (Å²) in [4.78, 5) is 15.4. The van der Waals surface area contributed by atoms with Gasteiger partial charge in [-0.15, -0.1) is 0 Å². The number of likely N-dealkylation sites (tertiary alicyclic amines) is 1. The van der Waals surface area contributed by atoms with Gasteiger partial charge in [0.05, 0.1) is 13.2 Å². The zero-order chi connectivity index (χ0) is 17.4. The van der Waals surface area contributed by atoms with Crippen LogP contribution in [0.1, 0.15) is 48.9 Å². The van der Waals surface area contributed by atoms with E-state index in [4.69, 9.17) is 4.74 Å². The third kappa shape index (κ3) is 2.94. The van der Waals surface area contributed by atoms with Crippen LogP contribution in [0.3, 0.4) is 0 Å². The molecule has 0 N–H and O–H groups in total. The van der Waals surface area contributed by atoms with Gasteiger partial charge in [-0.2, -0.15) is 0 Å². The Bertz CT molecular complexity index is 767. The minimum Gasteiger partial charge on any atom is -0.496 e. The molecule has 1 aromatic carbocycles. The first-order valence-corrected chi connectivity index (χ1v) is 9.25. The van der Waals surface area contributed by atoms with Gasteiger partial charge >= 0.3 is 0 Å². The maximum absolute atomic E-state index is 13.2. The summed E-state index contributed by atoms with van der Waals surface area (Å²) in [6.45, 7) is 0.879. The number of carbonyl (C=O) groups is 1. The molecule has 0 spiro atoms. The van der Waals surface area contributed by atoms with Gasteiger partial charge in [-0.25, -0.2) is 0 Å². The normalized spacial score (nSPS) is 25.7. The van der Waals surface area contributed by atoms with Gasteiger partial charge in [0, 0.05) is 31.4 Å². The van der Waals surface area contributed by atoms with Crippen LogP contribution in [0.2, 0.25) is 0 Å². The van der Waals surface area contributed by atoms with E-state index in [1.54, 1.807) is 7.11 Å². The van der Waals surface area contributed by atoms with Crippen LogP contribution in [0.4, 0.5) is 0 Å². The van der Waals surface area contributed by atoms with Crippen LogP contribution < -0.4 is 4.74 Å². The van der Waals surface area contributed by atoms with Gasteiger partial charge in [-0.1, -0.05) is 18.2 Å². The Balaban J connectivity index is 1.53. The lowest BCUT2D eigenvalue weighted by Gasteiger charge is -2.36. The van der Waals surface area contributed by atoms with Gasteiger partial charge in [-0.05, 0) is 55.4 Å². The summed E-state index contributed by atoms with van der Waals surface area (Å²) in [6, 6.07) is 12.6. The molecule has 2 aliphatic rings. The van der Waals surface area contributed by atoms with Crippen molar-refractivity contribution in [2.45, 2.75) is 37.6 Å². The maximum atomic E-state index is 13.2. The Kier molecular flexibility index (Phi) is 4.28. The van der Waals surface area contributed by atoms with E-state index in [1.165, 1.54) is 17.7 Å². The summed E-state index contributed by atoms with van der Waals surface area (Å²) in [7, 11) is 3.77. The molecule has 2 fully saturated rings. The lowest BCUT2D eigenvalue weighted by Crippen LogP contribution is -2.40. The predicted molar refractivity (Wildman–Crippen MR) is 97.6 cm³/mol. The number of hydrogen-bond acceptors (Lipinski definition) is 2. The van der Waals surface area contributed by atoms with E-state index in [9.17, 15) is 4.79 Å². The first kappa shape index (κ1) is 16.2. The second kappa shape index (κ2) is 6.58. The molecule has 132 valence electrons. The van der Waals surface area contributed by atoms with Gasteiger partial charge in [0.2, 0.25) is 5.91 Å². The first-order chi connectivity index (χ1) is 12.2. The Morgan fingerprint density at radius 3 is 2.76 bits per heavy atom. The summed E-state index contributed by atoms with van der Waals surface area (Å²) < 4.78 is 7.64. The summed E-state index contributed by atoms with van der Waals surface area (Å²) in [5, 5.41) is 0. The lowest BCUT2D eigenvalue weighted by molar-refractivity contribution is -0.136. The third-order valence-corrected chi connectivity index (χ3v) is 5.76. The van der Waals surface area contributed by atoms with Gasteiger partial charge in [0.15, 0.2) is 0 Å². The number of benzene rings is 1. The fourth-order valence-electron chi connectivity index (χ4n) is 4.32. The van der Waals surface area contributed by atoms with E-state index in [-0.39, 0.29) is 12.0 Å². The smallest absolute Gasteiger partial charge is 0.226 e. The molecule has 25 heavy (non-hydrogen) atoms. The number of methoxy groups -OCH3 is 1. The average molecular weight is 338 g/mol. The van der Waals surface area contributed by atoms with Crippen molar-refractivity contribution in [3.05, 3.63) is 53.9 Å². The number of aryl methyl sites for hydroxylation is 1. The summed E-state index contributed by atoms with van der Waals surface area (Å²) in [5.74, 6) is 1.64. The molecule has 0 radical (unpaired) electrons. The SMILES string of the molecule is COc1ccccc1[C@@H]1C[C@H]1C(=O)N1CCCC[C@@H]1c1cccn1C. The molecular weight excluding hydrogens is 312 g/mol. The average Bonchev–Trinajstić information content (AvgIpc) is 3.34. The van der Waals surface area contributed by atoms with Crippen LogP contribution in [0.25, 0.3) is 0 Å². The Hall–Kier alpha value is -2.23. The molecule has 1 saturated heterocycles. The van der Waals surface area contributed by atoms with Crippen molar-refractivity contribution in [1.29, 1.82) is 0 Å². The highest BCUT2D eigenvalue weighted by Gasteiger charge is 2.48. The van der Waals surface area contributed by atoms with Gasteiger partial charge < -0.3 is 14.2 Å². The number of aromatic nitrogens is 1. The quantitative estimate of drug-likeness (QED) is 0.847. The van der Waals surface area contributed by atoms with Crippen LogP contribution in [0.5, 0.6) is 5.75 Å². The zero-order valence-electron chi connectivity index (χ0n) is 15.0. The van der Waals surface area contributed by atoms with Crippen molar-refractivity contribution in [2.75, 3.05) is 13.7 Å². The largest absolute Gasteiger partial charge is 0.496 e. The molecule has 1 aliphatic carbocycles. The number of rotatable bonds is 4. The highest BCUT2D eigenvalue weighted by atomic mass is 16.5. The molecule has 0 bridgehead atoms. The van der Waals surface area contributed by atoms with E-state index in [2.05, 4.69) is 40.9 Å². The molecular formula is C21H26N2O2. The van der Waals surface area contributed by atoms with Crippen molar-refractivity contribution in [3.8, 4) is 5.75 Å². The molecule has 1 amide bonds. The number of para-hydroxylation sites is 1. The number of carbonyl (C=O) groups excluding carboxylic acids is 1. The molecule has 1 aliphatic heterocycles. The molecule has 3 atom stereocenters. The van der Waals surface area contributed by atoms with E-state index in [1.807, 2.05) is 18.2 Å². The number of amides is 1. The highest BCUT2D eigenvalue weighted by molar-refractivity contribution is 5.83. The van der Waals surface area contributed by atoms with Crippen LogP contribution in [0.15, 0.2) is 42.6 Å². The second-order valence-electron chi connectivity index (χ2n) is 7.28. The van der Waals surface area contributed by atoms with Gasteiger partial charge in [-0.3, -0.25) is 4.79 Å².